The highest BCUT2D eigenvalue weighted by Gasteiger charge is 2.32. The highest BCUT2D eigenvalue weighted by atomic mass is 79.9. The lowest BCUT2D eigenvalue weighted by Gasteiger charge is -2.28. The van der Waals surface area contributed by atoms with Gasteiger partial charge in [0.15, 0.2) is 6.10 Å². The minimum Gasteiger partial charge on any atom is -0.444 e. The van der Waals surface area contributed by atoms with E-state index in [-0.39, 0.29) is 25.1 Å². The zero-order valence-electron chi connectivity index (χ0n) is 17.2. The molecule has 0 spiro atoms. The second kappa shape index (κ2) is 10.2. The van der Waals surface area contributed by atoms with E-state index in [9.17, 15) is 18.8 Å². The van der Waals surface area contributed by atoms with Gasteiger partial charge < -0.3 is 25.4 Å². The normalized spacial score (nSPS) is 18.3. The van der Waals surface area contributed by atoms with Crippen LogP contribution in [0.5, 0.6) is 0 Å². The van der Waals surface area contributed by atoms with Gasteiger partial charge in [-0.15, -0.1) is 0 Å². The van der Waals surface area contributed by atoms with E-state index in [4.69, 9.17) is 15.2 Å². The minimum atomic E-state index is -1.13. The molecule has 0 saturated carbocycles. The van der Waals surface area contributed by atoms with Crippen molar-refractivity contribution >= 4 is 33.8 Å². The van der Waals surface area contributed by atoms with Crippen molar-refractivity contribution in [2.75, 3.05) is 19.7 Å². The first-order valence-corrected chi connectivity index (χ1v) is 10.4. The maximum atomic E-state index is 14.1. The van der Waals surface area contributed by atoms with E-state index in [1.165, 1.54) is 17.0 Å². The predicted octanol–water partition coefficient (Wildman–Crippen LogP) is 2.13. The molecular formula is C20H27BrFN3O5. The lowest BCUT2D eigenvalue weighted by molar-refractivity contribution is -0.136. The van der Waals surface area contributed by atoms with Crippen LogP contribution in [-0.4, -0.2) is 60.3 Å². The summed E-state index contributed by atoms with van der Waals surface area (Å²) in [6.07, 6.45) is -1.12. The summed E-state index contributed by atoms with van der Waals surface area (Å²) >= 11 is 3.17. The Bertz CT molecular complexity index is 799. The van der Waals surface area contributed by atoms with Gasteiger partial charge >= 0.3 is 6.09 Å². The van der Waals surface area contributed by atoms with Crippen LogP contribution in [-0.2, 0) is 25.5 Å². The number of amides is 3. The maximum Gasteiger partial charge on any atom is 0.410 e. The van der Waals surface area contributed by atoms with Crippen LogP contribution in [0, 0.1) is 5.82 Å². The first kappa shape index (κ1) is 24.1. The van der Waals surface area contributed by atoms with Crippen molar-refractivity contribution in [2.45, 2.75) is 51.4 Å². The van der Waals surface area contributed by atoms with Crippen molar-refractivity contribution in [3.63, 3.8) is 0 Å². The van der Waals surface area contributed by atoms with E-state index in [1.54, 1.807) is 26.8 Å². The van der Waals surface area contributed by atoms with Gasteiger partial charge in [0.25, 0.3) is 5.91 Å². The number of nitrogens with zero attached hydrogens (tertiary/aromatic N) is 1. The number of hydrogen-bond acceptors (Lipinski definition) is 5. The lowest BCUT2D eigenvalue weighted by atomic mass is 10.0. The van der Waals surface area contributed by atoms with E-state index >= 15 is 0 Å². The van der Waals surface area contributed by atoms with Crippen LogP contribution in [0.1, 0.15) is 32.8 Å². The Kier molecular flexibility index (Phi) is 8.19. The number of benzene rings is 1. The molecule has 1 aliphatic rings. The second-order valence-corrected chi connectivity index (χ2v) is 8.96. The van der Waals surface area contributed by atoms with Crippen molar-refractivity contribution in [1.29, 1.82) is 0 Å². The Morgan fingerprint density at radius 2 is 2.10 bits per heavy atom. The summed E-state index contributed by atoms with van der Waals surface area (Å²) in [5, 5.41) is 2.52. The Balaban J connectivity index is 2.06. The van der Waals surface area contributed by atoms with Gasteiger partial charge in [-0.1, -0.05) is 22.0 Å². The number of carbonyl (C=O) groups is 3. The fraction of sp³-hybridized carbons (Fsp3) is 0.550. The van der Waals surface area contributed by atoms with E-state index in [0.29, 0.717) is 17.4 Å². The van der Waals surface area contributed by atoms with Crippen molar-refractivity contribution < 1.29 is 28.2 Å². The molecule has 0 bridgehead atoms. The number of nitrogens with two attached hydrogens (primary N) is 1. The van der Waals surface area contributed by atoms with Crippen LogP contribution in [0.3, 0.4) is 0 Å². The number of hydrogen-bond donors (Lipinski definition) is 2. The average Bonchev–Trinajstić information content (AvgIpc) is 2.88. The van der Waals surface area contributed by atoms with Crippen molar-refractivity contribution in [3.8, 4) is 0 Å². The third kappa shape index (κ3) is 7.24. The van der Waals surface area contributed by atoms with Crippen molar-refractivity contribution in [1.82, 2.24) is 10.2 Å². The fourth-order valence-corrected chi connectivity index (χ4v) is 3.20. The Hall–Kier alpha value is -2.20. The number of nitrogens with one attached hydrogen (secondary N) is 1. The van der Waals surface area contributed by atoms with Gasteiger partial charge in [-0.3, -0.25) is 9.59 Å². The number of carbonyl (C=O) groups excluding carboxylic acids is 3. The summed E-state index contributed by atoms with van der Waals surface area (Å²) in [4.78, 5) is 38.3. The van der Waals surface area contributed by atoms with E-state index in [2.05, 4.69) is 21.2 Å². The third-order valence-corrected chi connectivity index (χ3v) is 4.81. The summed E-state index contributed by atoms with van der Waals surface area (Å²) < 4.78 is 25.6. The number of ether oxygens (including phenoxy) is 2. The predicted molar refractivity (Wildman–Crippen MR) is 111 cm³/mol. The zero-order chi connectivity index (χ0) is 22.5. The molecule has 0 aliphatic carbocycles. The fourth-order valence-electron chi connectivity index (χ4n) is 2.87. The van der Waals surface area contributed by atoms with Crippen LogP contribution in [0.25, 0.3) is 0 Å². The molecule has 10 heteroatoms. The number of rotatable bonds is 5. The molecule has 1 heterocycles. The minimum absolute atomic E-state index is 0.0289. The summed E-state index contributed by atoms with van der Waals surface area (Å²) in [6.45, 7) is 5.87. The Labute approximate surface area is 183 Å². The zero-order valence-corrected chi connectivity index (χ0v) is 18.8. The molecule has 8 nitrogen and oxygen atoms in total. The largest absolute Gasteiger partial charge is 0.444 e. The van der Waals surface area contributed by atoms with Gasteiger partial charge in [0, 0.05) is 24.0 Å². The molecule has 3 amide bonds. The standard InChI is InChI=1S/C20H27BrFN3O5/c1-20(2,3)30-19(28)25-7-4-8-29-16(11-25)18(27)24-15(17(23)26)9-12-5-6-13(21)10-14(12)22/h5-6,10,15-16H,4,7-9,11H2,1-3H3,(H2,23,26)(H,24,27)/t15-,16-/m0/s1. The molecule has 2 rings (SSSR count). The molecular weight excluding hydrogens is 461 g/mol. The lowest BCUT2D eigenvalue weighted by Crippen LogP contribution is -2.52. The van der Waals surface area contributed by atoms with Crippen LogP contribution >= 0.6 is 15.9 Å². The maximum absolute atomic E-state index is 14.1. The van der Waals surface area contributed by atoms with Gasteiger partial charge in [0.2, 0.25) is 5.91 Å². The van der Waals surface area contributed by atoms with Crippen LogP contribution in [0.2, 0.25) is 0 Å². The highest BCUT2D eigenvalue weighted by molar-refractivity contribution is 9.10. The smallest absolute Gasteiger partial charge is 0.410 e. The molecule has 1 aliphatic heterocycles. The molecule has 1 aromatic carbocycles. The summed E-state index contributed by atoms with van der Waals surface area (Å²) in [6, 6.07) is 3.27. The summed E-state index contributed by atoms with van der Waals surface area (Å²) in [5.41, 5.74) is 4.97. The van der Waals surface area contributed by atoms with Gasteiger partial charge in [0.05, 0.1) is 6.54 Å². The summed E-state index contributed by atoms with van der Waals surface area (Å²) in [7, 11) is 0. The molecule has 0 aromatic heterocycles. The topological polar surface area (TPSA) is 111 Å². The molecule has 0 radical (unpaired) electrons. The average molecular weight is 488 g/mol. The van der Waals surface area contributed by atoms with E-state index in [1.807, 2.05) is 0 Å². The first-order valence-electron chi connectivity index (χ1n) is 9.59. The van der Waals surface area contributed by atoms with Gasteiger partial charge in [-0.2, -0.15) is 0 Å². The van der Waals surface area contributed by atoms with Gasteiger partial charge in [-0.05, 0) is 44.9 Å². The highest BCUT2D eigenvalue weighted by Crippen LogP contribution is 2.17. The monoisotopic (exact) mass is 487 g/mol. The third-order valence-electron chi connectivity index (χ3n) is 4.32. The first-order chi connectivity index (χ1) is 14.0. The Morgan fingerprint density at radius 1 is 1.40 bits per heavy atom. The van der Waals surface area contributed by atoms with Gasteiger partial charge in [0.1, 0.15) is 17.5 Å². The molecule has 30 heavy (non-hydrogen) atoms. The molecule has 3 N–H and O–H groups in total. The van der Waals surface area contributed by atoms with Crippen molar-refractivity contribution in [2.24, 2.45) is 5.73 Å². The van der Waals surface area contributed by atoms with Crippen molar-refractivity contribution in [3.05, 3.63) is 34.1 Å². The van der Waals surface area contributed by atoms with Crippen LogP contribution in [0.4, 0.5) is 9.18 Å². The van der Waals surface area contributed by atoms with Gasteiger partial charge in [-0.25, -0.2) is 9.18 Å². The number of halogens is 2. The molecule has 0 unspecified atom stereocenters. The number of primary amides is 1. The quantitative estimate of drug-likeness (QED) is 0.660. The molecule has 2 atom stereocenters. The van der Waals surface area contributed by atoms with Crippen LogP contribution < -0.4 is 11.1 Å². The molecule has 166 valence electrons. The van der Waals surface area contributed by atoms with E-state index < -0.39 is 41.5 Å². The van der Waals surface area contributed by atoms with Crippen LogP contribution in [0.15, 0.2) is 22.7 Å². The second-order valence-electron chi connectivity index (χ2n) is 8.04. The molecule has 1 saturated heterocycles. The summed E-state index contributed by atoms with van der Waals surface area (Å²) in [5.74, 6) is -1.93. The molecule has 1 fully saturated rings. The molecule has 1 aromatic rings. The Morgan fingerprint density at radius 3 is 2.70 bits per heavy atom. The van der Waals surface area contributed by atoms with E-state index in [0.717, 1.165) is 0 Å². The SMILES string of the molecule is CC(C)(C)OC(=O)N1CCCO[C@H](C(=O)N[C@@H](Cc2ccc(Br)cc2F)C(N)=O)C1.